The smallest absolute Gasteiger partial charge is 0.246 e. The van der Waals surface area contributed by atoms with Crippen molar-refractivity contribution in [1.82, 2.24) is 0 Å². The maximum Gasteiger partial charge on any atom is 0.246 e. The molecule has 2 aromatic rings. The van der Waals surface area contributed by atoms with E-state index in [0.717, 1.165) is 17.7 Å². The molecule has 0 saturated carbocycles. The summed E-state index contributed by atoms with van der Waals surface area (Å²) in [5.74, 6) is -1.69. The van der Waals surface area contributed by atoms with Crippen molar-refractivity contribution in [3.05, 3.63) is 59.7 Å². The number of carbonyl (C=O) groups is 1. The molecular formula is C16H16F2N2O. The lowest BCUT2D eigenvalue weighted by atomic mass is 10.2. The zero-order chi connectivity index (χ0) is 15.4. The van der Waals surface area contributed by atoms with Gasteiger partial charge in [-0.25, -0.2) is 8.78 Å². The minimum Gasteiger partial charge on any atom is -0.372 e. The molecule has 0 aromatic heterocycles. The molecule has 5 heteroatoms. The maximum absolute atomic E-state index is 13.5. The Kier molecular flexibility index (Phi) is 4.52. The Hall–Kier alpha value is -2.43. The summed E-state index contributed by atoms with van der Waals surface area (Å²) in [6.45, 7) is 3.55. The molecule has 0 saturated heterocycles. The van der Waals surface area contributed by atoms with E-state index >= 15 is 0 Å². The first-order valence-electron chi connectivity index (χ1n) is 6.55. The fourth-order valence-electron chi connectivity index (χ4n) is 1.79. The summed E-state index contributed by atoms with van der Waals surface area (Å²) in [6, 6.07) is 9.85. The quantitative estimate of drug-likeness (QED) is 0.901. The fourth-order valence-corrected chi connectivity index (χ4v) is 1.79. The van der Waals surface area contributed by atoms with E-state index in [1.165, 1.54) is 6.07 Å². The van der Waals surface area contributed by atoms with Crippen LogP contribution in [0.3, 0.4) is 0 Å². The third-order valence-corrected chi connectivity index (χ3v) is 3.02. The zero-order valence-electron chi connectivity index (χ0n) is 11.8. The van der Waals surface area contributed by atoms with Gasteiger partial charge in [0.2, 0.25) is 5.91 Å². The van der Waals surface area contributed by atoms with Gasteiger partial charge >= 0.3 is 0 Å². The summed E-state index contributed by atoms with van der Waals surface area (Å²) >= 11 is 0. The highest BCUT2D eigenvalue weighted by atomic mass is 19.1. The molecule has 0 spiro atoms. The van der Waals surface area contributed by atoms with Crippen LogP contribution in [0.2, 0.25) is 0 Å². The fraction of sp³-hybridized carbons (Fsp3) is 0.188. The molecule has 0 aliphatic rings. The second-order valence-corrected chi connectivity index (χ2v) is 4.85. The molecule has 2 rings (SSSR count). The Morgan fingerprint density at radius 2 is 1.76 bits per heavy atom. The van der Waals surface area contributed by atoms with Crippen LogP contribution >= 0.6 is 0 Å². The summed E-state index contributed by atoms with van der Waals surface area (Å²) in [7, 11) is 0. The zero-order valence-corrected chi connectivity index (χ0v) is 11.8. The Morgan fingerprint density at radius 3 is 2.38 bits per heavy atom. The lowest BCUT2D eigenvalue weighted by Gasteiger charge is -2.16. The Labute approximate surface area is 122 Å². The van der Waals surface area contributed by atoms with Crippen LogP contribution in [0.4, 0.5) is 20.2 Å². The standard InChI is InChI=1S/C16H16F2N2O/c1-10-3-6-13(7-4-10)20-16(21)11(2)19-15-8-5-12(17)9-14(15)18/h3-9,11,19H,1-2H3,(H,20,21). The third kappa shape index (κ3) is 4.02. The summed E-state index contributed by atoms with van der Waals surface area (Å²) in [5, 5.41) is 5.44. The van der Waals surface area contributed by atoms with Crippen LogP contribution in [0.1, 0.15) is 12.5 Å². The van der Waals surface area contributed by atoms with E-state index in [-0.39, 0.29) is 11.6 Å². The normalized spacial score (nSPS) is 11.8. The third-order valence-electron chi connectivity index (χ3n) is 3.02. The van der Waals surface area contributed by atoms with Crippen LogP contribution < -0.4 is 10.6 Å². The first kappa shape index (κ1) is 15.0. The van der Waals surface area contributed by atoms with Crippen molar-refractivity contribution in [1.29, 1.82) is 0 Å². The van der Waals surface area contributed by atoms with Gasteiger partial charge < -0.3 is 10.6 Å². The van der Waals surface area contributed by atoms with Gasteiger partial charge in [0.1, 0.15) is 17.7 Å². The molecule has 0 aliphatic heterocycles. The molecule has 110 valence electrons. The molecule has 0 aliphatic carbocycles. The van der Waals surface area contributed by atoms with Crippen LogP contribution in [-0.2, 0) is 4.79 Å². The SMILES string of the molecule is Cc1ccc(NC(=O)C(C)Nc2ccc(F)cc2F)cc1. The van der Waals surface area contributed by atoms with Crippen molar-refractivity contribution in [2.75, 3.05) is 10.6 Å². The van der Waals surface area contributed by atoms with Crippen LogP contribution in [0.5, 0.6) is 0 Å². The number of hydrogen-bond acceptors (Lipinski definition) is 2. The van der Waals surface area contributed by atoms with Gasteiger partial charge in [0, 0.05) is 11.8 Å². The summed E-state index contributed by atoms with van der Waals surface area (Å²) in [6.07, 6.45) is 0. The van der Waals surface area contributed by atoms with E-state index in [9.17, 15) is 13.6 Å². The first-order valence-corrected chi connectivity index (χ1v) is 6.55. The van der Waals surface area contributed by atoms with Gasteiger partial charge in [-0.1, -0.05) is 17.7 Å². The van der Waals surface area contributed by atoms with Crippen molar-refractivity contribution in [2.45, 2.75) is 19.9 Å². The molecule has 0 fully saturated rings. The van der Waals surface area contributed by atoms with Gasteiger partial charge in [0.05, 0.1) is 5.69 Å². The second kappa shape index (κ2) is 6.35. The van der Waals surface area contributed by atoms with Crippen molar-refractivity contribution < 1.29 is 13.6 Å². The molecule has 1 unspecified atom stereocenters. The van der Waals surface area contributed by atoms with Crippen molar-refractivity contribution >= 4 is 17.3 Å². The minimum absolute atomic E-state index is 0.0861. The first-order chi connectivity index (χ1) is 9.95. The molecule has 0 bridgehead atoms. The Morgan fingerprint density at radius 1 is 1.10 bits per heavy atom. The van der Waals surface area contributed by atoms with E-state index in [1.54, 1.807) is 19.1 Å². The molecule has 2 aromatic carbocycles. The number of hydrogen-bond donors (Lipinski definition) is 2. The highest BCUT2D eigenvalue weighted by molar-refractivity contribution is 5.96. The molecule has 21 heavy (non-hydrogen) atoms. The van der Waals surface area contributed by atoms with Crippen molar-refractivity contribution in [3.63, 3.8) is 0 Å². The lowest BCUT2D eigenvalue weighted by molar-refractivity contribution is -0.116. The van der Waals surface area contributed by atoms with Gasteiger partial charge in [-0.05, 0) is 38.1 Å². The van der Waals surface area contributed by atoms with Crippen LogP contribution in [0.25, 0.3) is 0 Å². The largest absolute Gasteiger partial charge is 0.372 e. The van der Waals surface area contributed by atoms with E-state index in [0.29, 0.717) is 5.69 Å². The van der Waals surface area contributed by atoms with E-state index < -0.39 is 17.7 Å². The number of amides is 1. The van der Waals surface area contributed by atoms with Crippen LogP contribution in [0.15, 0.2) is 42.5 Å². The topological polar surface area (TPSA) is 41.1 Å². The molecule has 3 nitrogen and oxygen atoms in total. The Bertz CT molecular complexity index is 641. The number of halogens is 2. The van der Waals surface area contributed by atoms with Gasteiger partial charge in [-0.3, -0.25) is 4.79 Å². The number of rotatable bonds is 4. The number of aryl methyl sites for hydroxylation is 1. The maximum atomic E-state index is 13.5. The molecule has 2 N–H and O–H groups in total. The van der Waals surface area contributed by atoms with Crippen LogP contribution in [-0.4, -0.2) is 11.9 Å². The van der Waals surface area contributed by atoms with Gasteiger partial charge in [0.25, 0.3) is 0 Å². The molecule has 0 heterocycles. The van der Waals surface area contributed by atoms with Gasteiger partial charge in [-0.2, -0.15) is 0 Å². The number of anilines is 2. The van der Waals surface area contributed by atoms with Crippen molar-refractivity contribution in [3.8, 4) is 0 Å². The molecule has 1 amide bonds. The second-order valence-electron chi connectivity index (χ2n) is 4.85. The average molecular weight is 290 g/mol. The van der Waals surface area contributed by atoms with Crippen LogP contribution in [0, 0.1) is 18.6 Å². The molecular weight excluding hydrogens is 274 g/mol. The van der Waals surface area contributed by atoms with Gasteiger partial charge in [-0.15, -0.1) is 0 Å². The predicted octanol–water partition coefficient (Wildman–Crippen LogP) is 3.71. The highest BCUT2D eigenvalue weighted by Crippen LogP contribution is 2.16. The number of benzene rings is 2. The minimum atomic E-state index is -0.731. The van der Waals surface area contributed by atoms with E-state index in [2.05, 4.69) is 10.6 Å². The number of carbonyl (C=O) groups excluding carboxylic acids is 1. The average Bonchev–Trinajstić information content (AvgIpc) is 2.44. The van der Waals surface area contributed by atoms with E-state index in [4.69, 9.17) is 0 Å². The van der Waals surface area contributed by atoms with Gasteiger partial charge in [0.15, 0.2) is 0 Å². The van der Waals surface area contributed by atoms with E-state index in [1.807, 2.05) is 19.1 Å². The summed E-state index contributed by atoms with van der Waals surface area (Å²) in [4.78, 5) is 12.0. The summed E-state index contributed by atoms with van der Waals surface area (Å²) < 4.78 is 26.3. The highest BCUT2D eigenvalue weighted by Gasteiger charge is 2.14. The summed E-state index contributed by atoms with van der Waals surface area (Å²) in [5.41, 5.74) is 1.84. The molecule has 1 atom stereocenters. The lowest BCUT2D eigenvalue weighted by Crippen LogP contribution is -2.32. The monoisotopic (exact) mass is 290 g/mol. The number of nitrogens with one attached hydrogen (secondary N) is 2. The Balaban J connectivity index is 2.00. The molecule has 0 radical (unpaired) electrons. The van der Waals surface area contributed by atoms with Crippen molar-refractivity contribution in [2.24, 2.45) is 0 Å². The predicted molar refractivity (Wildman–Crippen MR) is 79.3 cm³/mol.